The maximum atomic E-state index is 12.7. The first kappa shape index (κ1) is 26.1. The fourth-order valence-electron chi connectivity index (χ4n) is 5.04. The predicted molar refractivity (Wildman–Crippen MR) is 124 cm³/mol. The molecule has 1 amide bonds. The minimum Gasteiger partial charge on any atom is -0.487 e. The van der Waals surface area contributed by atoms with Crippen molar-refractivity contribution in [3.63, 3.8) is 0 Å². The van der Waals surface area contributed by atoms with E-state index in [1.165, 1.54) is 12.0 Å². The van der Waals surface area contributed by atoms with Crippen molar-refractivity contribution in [1.29, 1.82) is 0 Å². The molecule has 0 bridgehead atoms. The number of benzene rings is 1. The van der Waals surface area contributed by atoms with Crippen molar-refractivity contribution in [1.82, 2.24) is 10.2 Å². The number of furan rings is 1. The summed E-state index contributed by atoms with van der Waals surface area (Å²) in [5.41, 5.74) is 1.04. The van der Waals surface area contributed by atoms with Crippen LogP contribution in [0.4, 0.5) is 13.2 Å². The summed E-state index contributed by atoms with van der Waals surface area (Å²) in [5.74, 6) is -0.341. The molecule has 2 aliphatic heterocycles. The van der Waals surface area contributed by atoms with Gasteiger partial charge < -0.3 is 19.6 Å². The molecule has 196 valence electrons. The fourth-order valence-corrected chi connectivity index (χ4v) is 5.04. The molecule has 3 heterocycles. The molecule has 3 aliphatic rings. The summed E-state index contributed by atoms with van der Waals surface area (Å²) in [6.07, 6.45) is 3.62. The summed E-state index contributed by atoms with van der Waals surface area (Å²) in [6.45, 7) is 2.83. The molecule has 2 N–H and O–H groups in total. The summed E-state index contributed by atoms with van der Waals surface area (Å²) < 4.78 is 43.8. The van der Waals surface area contributed by atoms with Crippen LogP contribution in [0.15, 0.2) is 47.1 Å². The van der Waals surface area contributed by atoms with Crippen molar-refractivity contribution in [3.8, 4) is 5.75 Å². The van der Waals surface area contributed by atoms with Gasteiger partial charge in [0.05, 0.1) is 12.8 Å². The Labute approximate surface area is 207 Å². The predicted octanol–water partition coefficient (Wildman–Crippen LogP) is 4.87. The zero-order valence-electron chi connectivity index (χ0n) is 19.9. The van der Waals surface area contributed by atoms with E-state index in [0.29, 0.717) is 12.5 Å². The van der Waals surface area contributed by atoms with Crippen molar-refractivity contribution in [3.05, 3.63) is 54.0 Å². The third kappa shape index (κ3) is 6.60. The zero-order valence-corrected chi connectivity index (χ0v) is 19.9. The number of piperidine rings is 1. The Morgan fingerprint density at radius 1 is 1.11 bits per heavy atom. The van der Waals surface area contributed by atoms with Crippen molar-refractivity contribution in [2.75, 3.05) is 13.1 Å². The van der Waals surface area contributed by atoms with Gasteiger partial charge in [-0.3, -0.25) is 9.69 Å². The average Bonchev–Trinajstić information content (AvgIpc) is 3.31. The molecule has 10 heteroatoms. The lowest BCUT2D eigenvalue weighted by molar-refractivity contribution is -0.192. The molecule has 2 fully saturated rings. The van der Waals surface area contributed by atoms with Crippen molar-refractivity contribution < 1.29 is 37.0 Å². The lowest BCUT2D eigenvalue weighted by Gasteiger charge is -2.47. The van der Waals surface area contributed by atoms with Crippen LogP contribution in [0, 0.1) is 0 Å². The molecule has 1 aromatic heterocycles. The van der Waals surface area contributed by atoms with Crippen LogP contribution >= 0.6 is 0 Å². The number of carbonyl (C=O) groups excluding carboxylic acids is 1. The van der Waals surface area contributed by atoms with Gasteiger partial charge in [0.2, 0.25) is 5.91 Å². The number of hydrogen-bond donors (Lipinski definition) is 2. The first-order chi connectivity index (χ1) is 17.1. The molecule has 5 rings (SSSR count). The second-order valence-electron chi connectivity index (χ2n) is 9.78. The third-order valence-electron chi connectivity index (χ3n) is 7.18. The fraction of sp³-hybridized carbons (Fsp3) is 0.538. The average molecular weight is 509 g/mol. The molecule has 7 nitrogen and oxygen atoms in total. The van der Waals surface area contributed by atoms with E-state index in [4.69, 9.17) is 19.1 Å². The van der Waals surface area contributed by atoms with Crippen molar-refractivity contribution in [2.24, 2.45) is 0 Å². The van der Waals surface area contributed by atoms with Crippen LogP contribution < -0.4 is 10.1 Å². The number of para-hydroxylation sites is 1. The van der Waals surface area contributed by atoms with E-state index >= 15 is 0 Å². The molecule has 1 saturated carbocycles. The summed E-state index contributed by atoms with van der Waals surface area (Å²) in [6, 6.07) is 12.7. The maximum Gasteiger partial charge on any atom is 0.490 e. The number of rotatable bonds is 5. The van der Waals surface area contributed by atoms with Gasteiger partial charge in [0, 0.05) is 31.5 Å². The van der Waals surface area contributed by atoms with Gasteiger partial charge in [-0.2, -0.15) is 13.2 Å². The number of likely N-dealkylation sites (tertiary alicyclic amines) is 1. The molecule has 1 saturated heterocycles. The van der Waals surface area contributed by atoms with Crippen LogP contribution in [0.2, 0.25) is 0 Å². The van der Waals surface area contributed by atoms with Crippen LogP contribution in [0.5, 0.6) is 5.75 Å². The second kappa shape index (κ2) is 10.9. The van der Waals surface area contributed by atoms with E-state index < -0.39 is 12.1 Å². The molecule has 1 atom stereocenters. The second-order valence-corrected chi connectivity index (χ2v) is 9.78. The number of ether oxygens (including phenoxy) is 1. The molecule has 1 unspecified atom stereocenters. The van der Waals surface area contributed by atoms with Gasteiger partial charge in [0.25, 0.3) is 0 Å². The summed E-state index contributed by atoms with van der Waals surface area (Å²) in [7, 11) is 0. The highest BCUT2D eigenvalue weighted by atomic mass is 19.4. The molecule has 1 aliphatic carbocycles. The third-order valence-corrected chi connectivity index (χ3v) is 7.18. The molecular weight excluding hydrogens is 477 g/mol. The Balaban J connectivity index is 0.000000384. The SMILES string of the molecule is O=C(CC1CC2(CCN(Cc3ccco3)CC2)Oc2ccccc21)NC1CCC1.O=C(O)C(F)(F)F. The topological polar surface area (TPSA) is 92.0 Å². The smallest absolute Gasteiger partial charge is 0.487 e. The number of carboxylic acid groups (broad SMARTS) is 1. The van der Waals surface area contributed by atoms with Gasteiger partial charge >= 0.3 is 12.1 Å². The Kier molecular flexibility index (Phi) is 7.92. The number of carboxylic acids is 1. The van der Waals surface area contributed by atoms with E-state index in [1.54, 1.807) is 6.26 Å². The minimum atomic E-state index is -5.08. The number of aliphatic carboxylic acids is 1. The monoisotopic (exact) mass is 508 g/mol. The van der Waals surface area contributed by atoms with Crippen LogP contribution in [-0.2, 0) is 16.1 Å². The zero-order chi connectivity index (χ0) is 25.8. The van der Waals surface area contributed by atoms with Gasteiger partial charge in [-0.15, -0.1) is 0 Å². The van der Waals surface area contributed by atoms with Crippen LogP contribution in [-0.4, -0.2) is 52.8 Å². The van der Waals surface area contributed by atoms with E-state index in [1.807, 2.05) is 18.2 Å². The first-order valence-electron chi connectivity index (χ1n) is 12.3. The molecule has 1 aromatic carbocycles. The van der Waals surface area contributed by atoms with Crippen LogP contribution in [0.25, 0.3) is 0 Å². The van der Waals surface area contributed by atoms with Crippen molar-refractivity contribution >= 4 is 11.9 Å². The first-order valence-corrected chi connectivity index (χ1v) is 12.3. The van der Waals surface area contributed by atoms with E-state index in [-0.39, 0.29) is 17.4 Å². The molecule has 36 heavy (non-hydrogen) atoms. The Morgan fingerprint density at radius 3 is 2.39 bits per heavy atom. The highest BCUT2D eigenvalue weighted by Gasteiger charge is 2.44. The minimum absolute atomic E-state index is 0.157. The number of hydrogen-bond acceptors (Lipinski definition) is 5. The van der Waals surface area contributed by atoms with Crippen LogP contribution in [0.3, 0.4) is 0 Å². The number of nitrogens with zero attached hydrogens (tertiary/aromatic N) is 1. The quantitative estimate of drug-likeness (QED) is 0.599. The number of alkyl halides is 3. The van der Waals surface area contributed by atoms with Crippen LogP contribution in [0.1, 0.15) is 62.2 Å². The van der Waals surface area contributed by atoms with E-state index in [2.05, 4.69) is 28.4 Å². The maximum absolute atomic E-state index is 12.7. The Morgan fingerprint density at radius 2 is 1.81 bits per heavy atom. The van der Waals surface area contributed by atoms with E-state index in [9.17, 15) is 18.0 Å². The molecule has 2 aromatic rings. The highest BCUT2D eigenvalue weighted by Crippen LogP contribution is 2.46. The highest BCUT2D eigenvalue weighted by molar-refractivity contribution is 5.77. The van der Waals surface area contributed by atoms with Gasteiger partial charge in [-0.1, -0.05) is 18.2 Å². The largest absolute Gasteiger partial charge is 0.490 e. The van der Waals surface area contributed by atoms with Gasteiger partial charge in [0.15, 0.2) is 0 Å². The normalized spacial score (nSPS) is 21.4. The molecule has 1 spiro atoms. The van der Waals surface area contributed by atoms with Gasteiger partial charge in [-0.25, -0.2) is 4.79 Å². The van der Waals surface area contributed by atoms with E-state index in [0.717, 1.165) is 63.2 Å². The standard InChI is InChI=1S/C24H30N2O3.C2HF3O2/c27-23(25-19-5-3-6-19)15-18-16-24(29-22-9-2-1-8-21(18)22)10-12-26(13-11-24)17-20-7-4-14-28-20;3-2(4,5)1(6)7/h1-2,4,7-9,14,18-19H,3,5-6,10-13,15-17H2,(H,25,27);(H,6,7). The summed E-state index contributed by atoms with van der Waals surface area (Å²) >= 11 is 0. The molecule has 0 radical (unpaired) electrons. The van der Waals surface area contributed by atoms with Gasteiger partial charge in [-0.05, 0) is 62.3 Å². The summed E-state index contributed by atoms with van der Waals surface area (Å²) in [5, 5.41) is 10.3. The van der Waals surface area contributed by atoms with Gasteiger partial charge in [0.1, 0.15) is 17.1 Å². The lowest BCUT2D eigenvalue weighted by Crippen LogP contribution is -2.50. The summed E-state index contributed by atoms with van der Waals surface area (Å²) in [4.78, 5) is 24.0. The number of carbonyl (C=O) groups is 2. The Hall–Kier alpha value is -3.01. The number of nitrogens with one attached hydrogen (secondary N) is 1. The lowest BCUT2D eigenvalue weighted by atomic mass is 9.76. The van der Waals surface area contributed by atoms with Crippen molar-refractivity contribution in [2.45, 2.75) is 75.2 Å². The number of amides is 1. The Bertz CT molecular complexity index is 1030. The molecular formula is C26H31F3N2O5. The number of fused-ring (bicyclic) bond motifs is 1. The number of halogens is 3.